The molecule has 7 heteroatoms. The van der Waals surface area contributed by atoms with Crippen molar-refractivity contribution in [3.05, 3.63) is 39.1 Å². The Bertz CT molecular complexity index is 625. The molecule has 0 saturated carbocycles. The van der Waals surface area contributed by atoms with E-state index in [2.05, 4.69) is 60.8 Å². The molecule has 0 atom stereocenters. The summed E-state index contributed by atoms with van der Waals surface area (Å²) in [7, 11) is 0. The lowest BCUT2D eigenvalue weighted by Gasteiger charge is -2.08. The van der Waals surface area contributed by atoms with Crippen LogP contribution in [0.25, 0.3) is 0 Å². The second kappa shape index (κ2) is 6.58. The Morgan fingerprint density at radius 2 is 2.10 bits per heavy atom. The summed E-state index contributed by atoms with van der Waals surface area (Å²) >= 11 is 6.67. The lowest BCUT2D eigenvalue weighted by molar-refractivity contribution is 0.0983. The van der Waals surface area contributed by atoms with Gasteiger partial charge in [-0.3, -0.25) is 9.78 Å². The summed E-state index contributed by atoms with van der Waals surface area (Å²) in [5, 5.41) is 4.15. The van der Waals surface area contributed by atoms with E-state index < -0.39 is 0 Å². The maximum atomic E-state index is 12.3. The quantitative estimate of drug-likeness (QED) is 0.721. The third kappa shape index (κ3) is 3.73. The van der Waals surface area contributed by atoms with E-state index >= 15 is 0 Å². The number of Topliss-reactive ketones (excluding diaryl/α,β-unsaturated/α-hetero) is 1. The van der Waals surface area contributed by atoms with Gasteiger partial charge in [0.05, 0.1) is 6.42 Å². The molecule has 20 heavy (non-hydrogen) atoms. The average molecular weight is 402 g/mol. The maximum absolute atomic E-state index is 12.3. The zero-order chi connectivity index (χ0) is 14.7. The number of ketones is 1. The normalized spacial score (nSPS) is 11.1. The van der Waals surface area contributed by atoms with Crippen molar-refractivity contribution in [3.8, 4) is 0 Å². The van der Waals surface area contributed by atoms with Gasteiger partial charge in [0.2, 0.25) is 0 Å². The molecular weight excluding hydrogens is 388 g/mol. The second-order valence-electron chi connectivity index (χ2n) is 4.84. The lowest BCUT2D eigenvalue weighted by Crippen LogP contribution is -2.15. The third-order valence-corrected chi connectivity index (χ3v) is 3.66. The molecule has 0 amide bonds. The first-order valence-corrected chi connectivity index (χ1v) is 7.77. The van der Waals surface area contributed by atoms with E-state index in [0.717, 1.165) is 11.0 Å². The molecule has 0 N–H and O–H groups in total. The van der Waals surface area contributed by atoms with Gasteiger partial charge in [-0.25, -0.2) is 9.67 Å². The van der Waals surface area contributed by atoms with Crippen LogP contribution in [-0.4, -0.2) is 25.5 Å². The van der Waals surface area contributed by atoms with Crippen LogP contribution >= 0.6 is 31.9 Å². The van der Waals surface area contributed by atoms with Gasteiger partial charge >= 0.3 is 0 Å². The van der Waals surface area contributed by atoms with E-state index in [9.17, 15) is 4.79 Å². The van der Waals surface area contributed by atoms with Crippen LogP contribution < -0.4 is 0 Å². The SMILES string of the molecule is CC(C)Cn1ncnc1CC(=O)c1ncc(Br)cc1Br. The Hall–Kier alpha value is -1.08. The predicted molar refractivity (Wildman–Crippen MR) is 82.5 cm³/mol. The van der Waals surface area contributed by atoms with E-state index in [4.69, 9.17) is 0 Å². The van der Waals surface area contributed by atoms with E-state index in [1.165, 1.54) is 6.33 Å². The van der Waals surface area contributed by atoms with E-state index in [-0.39, 0.29) is 12.2 Å². The van der Waals surface area contributed by atoms with Gasteiger partial charge in [-0.05, 0) is 43.8 Å². The first-order chi connectivity index (χ1) is 9.47. The van der Waals surface area contributed by atoms with Crippen LogP contribution in [0.5, 0.6) is 0 Å². The van der Waals surface area contributed by atoms with Crippen LogP contribution in [-0.2, 0) is 13.0 Å². The first kappa shape index (κ1) is 15.3. The highest BCUT2D eigenvalue weighted by Gasteiger charge is 2.16. The molecule has 0 aromatic carbocycles. The molecule has 0 bridgehead atoms. The number of hydrogen-bond acceptors (Lipinski definition) is 4. The van der Waals surface area contributed by atoms with Crippen molar-refractivity contribution >= 4 is 37.6 Å². The second-order valence-corrected chi connectivity index (χ2v) is 6.61. The van der Waals surface area contributed by atoms with Gasteiger partial charge in [0, 0.05) is 21.7 Å². The number of rotatable bonds is 5. The largest absolute Gasteiger partial charge is 0.292 e. The van der Waals surface area contributed by atoms with E-state index in [1.54, 1.807) is 16.9 Å². The van der Waals surface area contributed by atoms with Gasteiger partial charge in [-0.1, -0.05) is 13.8 Å². The topological polar surface area (TPSA) is 60.7 Å². The molecule has 2 heterocycles. The summed E-state index contributed by atoms with van der Waals surface area (Å²) in [5.74, 6) is 1.03. The van der Waals surface area contributed by atoms with E-state index in [0.29, 0.717) is 21.9 Å². The number of carbonyl (C=O) groups excluding carboxylic acids is 1. The highest BCUT2D eigenvalue weighted by molar-refractivity contribution is 9.11. The molecule has 0 radical (unpaired) electrons. The fourth-order valence-electron chi connectivity index (χ4n) is 1.77. The van der Waals surface area contributed by atoms with Crippen LogP contribution in [0.3, 0.4) is 0 Å². The highest BCUT2D eigenvalue weighted by Crippen LogP contribution is 2.20. The van der Waals surface area contributed by atoms with Crippen LogP contribution in [0.15, 0.2) is 27.5 Å². The molecule has 0 aliphatic rings. The maximum Gasteiger partial charge on any atom is 0.189 e. The van der Waals surface area contributed by atoms with Crippen LogP contribution in [0, 0.1) is 5.92 Å². The minimum atomic E-state index is -0.0811. The van der Waals surface area contributed by atoms with Gasteiger partial charge in [0.25, 0.3) is 0 Å². The van der Waals surface area contributed by atoms with Crippen molar-refractivity contribution in [2.24, 2.45) is 5.92 Å². The van der Waals surface area contributed by atoms with Crippen LogP contribution in [0.1, 0.15) is 30.2 Å². The van der Waals surface area contributed by atoms with Crippen molar-refractivity contribution in [2.45, 2.75) is 26.8 Å². The Morgan fingerprint density at radius 3 is 2.75 bits per heavy atom. The first-order valence-electron chi connectivity index (χ1n) is 6.18. The zero-order valence-electron chi connectivity index (χ0n) is 11.2. The van der Waals surface area contributed by atoms with Crippen molar-refractivity contribution in [1.29, 1.82) is 0 Å². The lowest BCUT2D eigenvalue weighted by atomic mass is 10.2. The van der Waals surface area contributed by atoms with Crippen molar-refractivity contribution < 1.29 is 4.79 Å². The summed E-state index contributed by atoms with van der Waals surface area (Å²) in [6, 6.07) is 1.80. The Kier molecular flexibility index (Phi) is 5.04. The van der Waals surface area contributed by atoms with Gasteiger partial charge in [-0.15, -0.1) is 0 Å². The molecule has 0 aliphatic heterocycles. The van der Waals surface area contributed by atoms with Crippen molar-refractivity contribution in [3.63, 3.8) is 0 Å². The number of aromatic nitrogens is 4. The monoisotopic (exact) mass is 400 g/mol. The summed E-state index contributed by atoms with van der Waals surface area (Å²) in [6.07, 6.45) is 3.28. The molecule has 0 aliphatic carbocycles. The number of carbonyl (C=O) groups is 1. The summed E-state index contributed by atoms with van der Waals surface area (Å²) in [6.45, 7) is 4.94. The van der Waals surface area contributed by atoms with Gasteiger partial charge in [-0.2, -0.15) is 5.10 Å². The van der Waals surface area contributed by atoms with Gasteiger partial charge < -0.3 is 0 Å². The summed E-state index contributed by atoms with van der Waals surface area (Å²) in [4.78, 5) is 20.6. The van der Waals surface area contributed by atoms with E-state index in [1.807, 2.05) is 0 Å². The molecule has 0 unspecified atom stereocenters. The van der Waals surface area contributed by atoms with Gasteiger partial charge in [0.15, 0.2) is 5.78 Å². The molecule has 5 nitrogen and oxygen atoms in total. The average Bonchev–Trinajstić information content (AvgIpc) is 2.75. The Morgan fingerprint density at radius 1 is 1.35 bits per heavy atom. The van der Waals surface area contributed by atoms with Crippen molar-refractivity contribution in [1.82, 2.24) is 19.7 Å². The Balaban J connectivity index is 2.17. The zero-order valence-corrected chi connectivity index (χ0v) is 14.3. The molecule has 0 fully saturated rings. The molecule has 2 aromatic rings. The number of hydrogen-bond donors (Lipinski definition) is 0. The Labute approximate surface area is 134 Å². The molecule has 106 valence electrons. The van der Waals surface area contributed by atoms with Crippen molar-refractivity contribution in [2.75, 3.05) is 0 Å². The molecule has 2 aromatic heterocycles. The molecule has 0 saturated heterocycles. The standard InChI is InChI=1S/C13H14Br2N4O/c1-8(2)6-19-12(17-7-18-19)4-11(20)13-10(15)3-9(14)5-16-13/h3,5,7-8H,4,6H2,1-2H3. The molecule has 2 rings (SSSR count). The smallest absolute Gasteiger partial charge is 0.189 e. The fourth-order valence-corrected chi connectivity index (χ4v) is 2.98. The number of halogens is 2. The highest BCUT2D eigenvalue weighted by atomic mass is 79.9. The molecule has 0 spiro atoms. The number of pyridine rings is 1. The minimum Gasteiger partial charge on any atom is -0.292 e. The number of nitrogens with zero attached hydrogens (tertiary/aromatic N) is 4. The van der Waals surface area contributed by atoms with Crippen LogP contribution in [0.4, 0.5) is 0 Å². The summed E-state index contributed by atoms with van der Waals surface area (Å²) < 4.78 is 3.27. The predicted octanol–water partition coefficient (Wildman–Crippen LogP) is 3.28. The fraction of sp³-hybridized carbons (Fsp3) is 0.385. The van der Waals surface area contributed by atoms with Crippen LogP contribution in [0.2, 0.25) is 0 Å². The molecular formula is C13H14Br2N4O. The minimum absolute atomic E-state index is 0.0811. The summed E-state index contributed by atoms with van der Waals surface area (Å²) in [5.41, 5.74) is 0.410. The third-order valence-electron chi connectivity index (χ3n) is 2.62. The van der Waals surface area contributed by atoms with Gasteiger partial charge in [0.1, 0.15) is 17.8 Å².